The number of nitrogens with zero attached hydrogens (tertiary/aromatic N) is 1. The van der Waals surface area contributed by atoms with Crippen LogP contribution in [0.3, 0.4) is 0 Å². The van der Waals surface area contributed by atoms with Crippen LogP contribution in [0.25, 0.3) is 0 Å². The highest BCUT2D eigenvalue weighted by molar-refractivity contribution is 6.60. The minimum Gasteiger partial charge on any atom is -0.423 e. The lowest BCUT2D eigenvalue weighted by molar-refractivity contribution is 0.102. The average molecular weight is 242 g/mol. The SMILES string of the molecule is O=C(Nc1cccnc1)c1ccccc1B(O)O. The molecule has 3 N–H and O–H groups in total. The van der Waals surface area contributed by atoms with E-state index in [-0.39, 0.29) is 11.0 Å². The lowest BCUT2D eigenvalue weighted by Gasteiger charge is -2.09. The van der Waals surface area contributed by atoms with Crippen LogP contribution in [0.4, 0.5) is 5.69 Å². The zero-order valence-electron chi connectivity index (χ0n) is 9.45. The van der Waals surface area contributed by atoms with Gasteiger partial charge in [0.1, 0.15) is 0 Å². The van der Waals surface area contributed by atoms with Crippen LogP contribution in [0.2, 0.25) is 0 Å². The van der Waals surface area contributed by atoms with E-state index in [1.165, 1.54) is 18.3 Å². The summed E-state index contributed by atoms with van der Waals surface area (Å²) in [7, 11) is -1.68. The fourth-order valence-electron chi connectivity index (χ4n) is 1.56. The maximum absolute atomic E-state index is 12.0. The smallest absolute Gasteiger partial charge is 0.423 e. The van der Waals surface area contributed by atoms with Crippen LogP contribution in [0.5, 0.6) is 0 Å². The van der Waals surface area contributed by atoms with Gasteiger partial charge in [-0.15, -0.1) is 0 Å². The lowest BCUT2D eigenvalue weighted by Crippen LogP contribution is -2.36. The summed E-state index contributed by atoms with van der Waals surface area (Å²) >= 11 is 0. The molecule has 0 atom stereocenters. The summed E-state index contributed by atoms with van der Waals surface area (Å²) in [5.41, 5.74) is 0.931. The number of pyridine rings is 1. The van der Waals surface area contributed by atoms with E-state index in [9.17, 15) is 14.8 Å². The first-order chi connectivity index (χ1) is 8.68. The van der Waals surface area contributed by atoms with Gasteiger partial charge in [-0.3, -0.25) is 9.78 Å². The maximum Gasteiger partial charge on any atom is 0.489 e. The van der Waals surface area contributed by atoms with Gasteiger partial charge in [-0.25, -0.2) is 0 Å². The number of nitrogens with one attached hydrogen (secondary N) is 1. The van der Waals surface area contributed by atoms with Crippen LogP contribution in [-0.2, 0) is 0 Å². The molecule has 0 bridgehead atoms. The van der Waals surface area contributed by atoms with E-state index < -0.39 is 13.0 Å². The largest absolute Gasteiger partial charge is 0.489 e. The predicted molar refractivity (Wildman–Crippen MR) is 68.5 cm³/mol. The number of benzene rings is 1. The molecule has 1 aromatic heterocycles. The van der Waals surface area contributed by atoms with Crippen molar-refractivity contribution >= 4 is 24.2 Å². The Morgan fingerprint density at radius 2 is 1.94 bits per heavy atom. The van der Waals surface area contributed by atoms with Crippen molar-refractivity contribution in [2.24, 2.45) is 0 Å². The Balaban J connectivity index is 2.24. The quantitative estimate of drug-likeness (QED) is 0.662. The Labute approximate surface area is 104 Å². The van der Waals surface area contributed by atoms with Gasteiger partial charge in [0.15, 0.2) is 0 Å². The van der Waals surface area contributed by atoms with Gasteiger partial charge in [-0.1, -0.05) is 18.2 Å². The summed E-state index contributed by atoms with van der Waals surface area (Å²) in [6.45, 7) is 0. The number of aromatic nitrogens is 1. The van der Waals surface area contributed by atoms with Crippen molar-refractivity contribution in [2.75, 3.05) is 5.32 Å². The molecule has 0 saturated heterocycles. The molecule has 6 heteroatoms. The van der Waals surface area contributed by atoms with Gasteiger partial charge in [-0.2, -0.15) is 0 Å². The highest BCUT2D eigenvalue weighted by atomic mass is 16.4. The topological polar surface area (TPSA) is 82.5 Å². The highest BCUT2D eigenvalue weighted by Gasteiger charge is 2.19. The Hall–Kier alpha value is -2.18. The summed E-state index contributed by atoms with van der Waals surface area (Å²) < 4.78 is 0. The van der Waals surface area contributed by atoms with E-state index in [1.807, 2.05) is 0 Å². The Bertz CT molecular complexity index is 546. The van der Waals surface area contributed by atoms with Crippen LogP contribution in [0.1, 0.15) is 10.4 Å². The standard InChI is InChI=1S/C12H11BN2O3/c16-12(15-9-4-3-7-14-8-9)10-5-1-2-6-11(10)13(17)18/h1-8,17-18H,(H,15,16). The first-order valence-corrected chi connectivity index (χ1v) is 5.35. The molecule has 2 rings (SSSR count). The number of hydrogen-bond donors (Lipinski definition) is 3. The van der Waals surface area contributed by atoms with E-state index in [2.05, 4.69) is 10.3 Å². The summed E-state index contributed by atoms with van der Waals surface area (Å²) in [4.78, 5) is 15.9. The minimum absolute atomic E-state index is 0.166. The normalized spacial score (nSPS) is 9.89. The van der Waals surface area contributed by atoms with Crippen LogP contribution in [0.15, 0.2) is 48.8 Å². The fourth-order valence-corrected chi connectivity index (χ4v) is 1.56. The first-order valence-electron chi connectivity index (χ1n) is 5.35. The number of rotatable bonds is 3. The summed E-state index contributed by atoms with van der Waals surface area (Å²) in [5, 5.41) is 21.0. The first kappa shape index (κ1) is 12.3. The fraction of sp³-hybridized carbons (Fsp3) is 0. The highest BCUT2D eigenvalue weighted by Crippen LogP contribution is 2.06. The molecule has 18 heavy (non-hydrogen) atoms. The van der Waals surface area contributed by atoms with E-state index in [0.717, 1.165) is 0 Å². The molecule has 0 aliphatic rings. The summed E-state index contributed by atoms with van der Waals surface area (Å²) in [5.74, 6) is -0.410. The molecular weight excluding hydrogens is 231 g/mol. The second kappa shape index (κ2) is 5.44. The molecular formula is C12H11BN2O3. The van der Waals surface area contributed by atoms with E-state index in [0.29, 0.717) is 5.69 Å². The number of amides is 1. The van der Waals surface area contributed by atoms with Crippen molar-refractivity contribution in [3.05, 3.63) is 54.4 Å². The van der Waals surface area contributed by atoms with E-state index >= 15 is 0 Å². The Morgan fingerprint density at radius 1 is 1.17 bits per heavy atom. The molecule has 0 radical (unpaired) electrons. The molecule has 0 aliphatic heterocycles. The molecule has 1 aromatic carbocycles. The molecule has 0 spiro atoms. The minimum atomic E-state index is -1.68. The second-order valence-electron chi connectivity index (χ2n) is 3.66. The van der Waals surface area contributed by atoms with Gasteiger partial charge in [-0.05, 0) is 23.7 Å². The van der Waals surface area contributed by atoms with Gasteiger partial charge in [0.25, 0.3) is 5.91 Å². The maximum atomic E-state index is 12.0. The predicted octanol–water partition coefficient (Wildman–Crippen LogP) is 0.0137. The van der Waals surface area contributed by atoms with Crippen LogP contribution < -0.4 is 10.8 Å². The third-order valence-corrected chi connectivity index (χ3v) is 2.40. The number of carbonyl (C=O) groups is 1. The van der Waals surface area contributed by atoms with E-state index in [1.54, 1.807) is 30.5 Å². The average Bonchev–Trinajstić information content (AvgIpc) is 2.40. The number of anilines is 1. The van der Waals surface area contributed by atoms with Crippen LogP contribution in [0, 0.1) is 0 Å². The van der Waals surface area contributed by atoms with Crippen molar-refractivity contribution < 1.29 is 14.8 Å². The van der Waals surface area contributed by atoms with Crippen molar-refractivity contribution in [1.82, 2.24) is 4.98 Å². The van der Waals surface area contributed by atoms with Crippen molar-refractivity contribution in [3.63, 3.8) is 0 Å². The molecule has 0 fully saturated rings. The Morgan fingerprint density at radius 3 is 2.61 bits per heavy atom. The van der Waals surface area contributed by atoms with Crippen molar-refractivity contribution in [3.8, 4) is 0 Å². The van der Waals surface area contributed by atoms with Gasteiger partial charge < -0.3 is 15.4 Å². The molecule has 5 nitrogen and oxygen atoms in total. The zero-order valence-corrected chi connectivity index (χ0v) is 9.45. The van der Waals surface area contributed by atoms with Gasteiger partial charge in [0.05, 0.1) is 11.9 Å². The molecule has 1 amide bonds. The third-order valence-electron chi connectivity index (χ3n) is 2.40. The monoisotopic (exact) mass is 242 g/mol. The van der Waals surface area contributed by atoms with Gasteiger partial charge in [0, 0.05) is 11.8 Å². The molecule has 0 aliphatic carbocycles. The Kier molecular flexibility index (Phi) is 3.71. The molecule has 0 saturated carbocycles. The molecule has 1 heterocycles. The third kappa shape index (κ3) is 2.74. The molecule has 90 valence electrons. The number of hydrogen-bond acceptors (Lipinski definition) is 4. The van der Waals surface area contributed by atoms with E-state index in [4.69, 9.17) is 0 Å². The van der Waals surface area contributed by atoms with Gasteiger partial charge in [0.2, 0.25) is 0 Å². The summed E-state index contributed by atoms with van der Waals surface area (Å²) in [6, 6.07) is 9.70. The zero-order chi connectivity index (χ0) is 13.0. The van der Waals surface area contributed by atoms with Crippen LogP contribution in [-0.4, -0.2) is 28.1 Å². The lowest BCUT2D eigenvalue weighted by atomic mass is 9.77. The molecule has 2 aromatic rings. The van der Waals surface area contributed by atoms with Gasteiger partial charge >= 0.3 is 7.12 Å². The van der Waals surface area contributed by atoms with Crippen LogP contribution >= 0.6 is 0 Å². The summed E-state index contributed by atoms with van der Waals surface area (Å²) in [6.07, 6.45) is 3.11. The van der Waals surface area contributed by atoms with Crippen molar-refractivity contribution in [2.45, 2.75) is 0 Å². The number of carbonyl (C=O) groups excluding carboxylic acids is 1. The van der Waals surface area contributed by atoms with Crippen molar-refractivity contribution in [1.29, 1.82) is 0 Å². The molecule has 0 unspecified atom stereocenters. The second-order valence-corrected chi connectivity index (χ2v) is 3.66.